The molecule has 0 saturated carbocycles. The summed E-state index contributed by atoms with van der Waals surface area (Å²) >= 11 is 0. The van der Waals surface area contributed by atoms with Crippen molar-refractivity contribution in [1.82, 2.24) is 20.9 Å². The van der Waals surface area contributed by atoms with E-state index in [-0.39, 0.29) is 11.6 Å². The number of rotatable bonds is 8. The van der Waals surface area contributed by atoms with Crippen LogP contribution in [0.2, 0.25) is 0 Å². The molecule has 2 saturated heterocycles. The number of nitrogens with zero attached hydrogens (tertiary/aromatic N) is 2. The minimum absolute atomic E-state index is 0.0309. The summed E-state index contributed by atoms with van der Waals surface area (Å²) < 4.78 is 5.69. The molecule has 1 aromatic rings. The highest BCUT2D eigenvalue weighted by Gasteiger charge is 2.34. The van der Waals surface area contributed by atoms with E-state index in [1.54, 1.807) is 0 Å². The predicted molar refractivity (Wildman–Crippen MR) is 130 cm³/mol. The van der Waals surface area contributed by atoms with Crippen molar-refractivity contribution in [1.29, 1.82) is 0 Å². The SMILES string of the molecule is CCNC(=NCC1(NC(C)c2ccccc2)CCOCC1)NC1CCN(C(C)C)CC1. The van der Waals surface area contributed by atoms with Gasteiger partial charge in [0.15, 0.2) is 5.96 Å². The van der Waals surface area contributed by atoms with Gasteiger partial charge in [-0.15, -0.1) is 0 Å². The Kier molecular flexibility index (Phi) is 9.17. The number of benzene rings is 1. The number of nitrogens with one attached hydrogen (secondary N) is 3. The summed E-state index contributed by atoms with van der Waals surface area (Å²) in [4.78, 5) is 7.63. The zero-order valence-electron chi connectivity index (χ0n) is 20.0. The smallest absolute Gasteiger partial charge is 0.191 e. The van der Waals surface area contributed by atoms with Crippen molar-refractivity contribution in [3.05, 3.63) is 35.9 Å². The Morgan fingerprint density at radius 2 is 1.81 bits per heavy atom. The van der Waals surface area contributed by atoms with Crippen LogP contribution >= 0.6 is 0 Å². The number of piperidine rings is 1. The molecule has 1 aromatic carbocycles. The van der Waals surface area contributed by atoms with E-state index in [4.69, 9.17) is 9.73 Å². The van der Waals surface area contributed by atoms with E-state index in [0.717, 1.165) is 58.2 Å². The molecule has 6 heteroatoms. The van der Waals surface area contributed by atoms with Gasteiger partial charge in [-0.3, -0.25) is 4.99 Å². The lowest BCUT2D eigenvalue weighted by Crippen LogP contribution is -2.54. The van der Waals surface area contributed by atoms with Gasteiger partial charge in [0.05, 0.1) is 6.54 Å². The second-order valence-corrected chi connectivity index (χ2v) is 9.41. The van der Waals surface area contributed by atoms with Crippen molar-refractivity contribution in [3.8, 4) is 0 Å². The molecule has 2 heterocycles. The third-order valence-electron chi connectivity index (χ3n) is 6.76. The van der Waals surface area contributed by atoms with Gasteiger partial charge >= 0.3 is 0 Å². The number of aliphatic imine (C=N–C) groups is 1. The van der Waals surface area contributed by atoms with Gasteiger partial charge in [0.2, 0.25) is 0 Å². The van der Waals surface area contributed by atoms with Crippen LogP contribution in [-0.4, -0.2) is 67.9 Å². The fourth-order valence-corrected chi connectivity index (χ4v) is 4.70. The van der Waals surface area contributed by atoms with Crippen LogP contribution in [-0.2, 0) is 4.74 Å². The average Bonchev–Trinajstić information content (AvgIpc) is 2.79. The molecule has 31 heavy (non-hydrogen) atoms. The van der Waals surface area contributed by atoms with Gasteiger partial charge in [-0.05, 0) is 58.9 Å². The first kappa shape index (κ1) is 24.0. The van der Waals surface area contributed by atoms with Crippen molar-refractivity contribution in [3.63, 3.8) is 0 Å². The average molecular weight is 430 g/mol. The summed E-state index contributed by atoms with van der Waals surface area (Å²) in [5.74, 6) is 0.950. The van der Waals surface area contributed by atoms with Crippen molar-refractivity contribution < 1.29 is 4.74 Å². The Morgan fingerprint density at radius 1 is 1.13 bits per heavy atom. The summed E-state index contributed by atoms with van der Waals surface area (Å²) in [6.07, 6.45) is 4.31. The third kappa shape index (κ3) is 7.19. The van der Waals surface area contributed by atoms with E-state index in [9.17, 15) is 0 Å². The Balaban J connectivity index is 1.64. The lowest BCUT2D eigenvalue weighted by Gasteiger charge is -2.40. The normalized spacial score (nSPS) is 21.8. The van der Waals surface area contributed by atoms with Crippen LogP contribution in [0.25, 0.3) is 0 Å². The molecular weight excluding hydrogens is 386 g/mol. The number of hydrogen-bond acceptors (Lipinski definition) is 4. The number of ether oxygens (including phenoxy) is 1. The molecule has 1 unspecified atom stereocenters. The first-order chi connectivity index (χ1) is 15.0. The third-order valence-corrected chi connectivity index (χ3v) is 6.76. The van der Waals surface area contributed by atoms with Gasteiger partial charge in [0.25, 0.3) is 0 Å². The van der Waals surface area contributed by atoms with Crippen LogP contribution < -0.4 is 16.0 Å². The maximum absolute atomic E-state index is 5.69. The Morgan fingerprint density at radius 3 is 2.42 bits per heavy atom. The molecule has 174 valence electrons. The Labute approximate surface area is 189 Å². The fourth-order valence-electron chi connectivity index (χ4n) is 4.70. The summed E-state index contributed by atoms with van der Waals surface area (Å²) in [6.45, 7) is 14.5. The van der Waals surface area contributed by atoms with E-state index in [1.807, 2.05) is 0 Å². The lowest BCUT2D eigenvalue weighted by atomic mass is 9.88. The fraction of sp³-hybridized carbons (Fsp3) is 0.720. The number of hydrogen-bond donors (Lipinski definition) is 3. The number of guanidine groups is 1. The minimum Gasteiger partial charge on any atom is -0.381 e. The van der Waals surface area contributed by atoms with Gasteiger partial charge in [-0.1, -0.05) is 30.3 Å². The molecule has 0 bridgehead atoms. The summed E-state index contributed by atoms with van der Waals surface area (Å²) in [7, 11) is 0. The quantitative estimate of drug-likeness (QED) is 0.437. The highest BCUT2D eigenvalue weighted by atomic mass is 16.5. The van der Waals surface area contributed by atoms with E-state index in [2.05, 4.69) is 78.9 Å². The molecule has 0 aromatic heterocycles. The van der Waals surface area contributed by atoms with Gasteiger partial charge < -0.3 is 25.6 Å². The molecule has 6 nitrogen and oxygen atoms in total. The highest BCUT2D eigenvalue weighted by Crippen LogP contribution is 2.26. The second-order valence-electron chi connectivity index (χ2n) is 9.41. The molecule has 0 radical (unpaired) electrons. The topological polar surface area (TPSA) is 60.9 Å². The first-order valence-corrected chi connectivity index (χ1v) is 12.2. The van der Waals surface area contributed by atoms with Crippen LogP contribution in [0.5, 0.6) is 0 Å². The van der Waals surface area contributed by atoms with Crippen LogP contribution in [0.4, 0.5) is 0 Å². The second kappa shape index (κ2) is 11.8. The van der Waals surface area contributed by atoms with Crippen molar-refractivity contribution >= 4 is 5.96 Å². The van der Waals surface area contributed by atoms with E-state index in [1.165, 1.54) is 18.4 Å². The summed E-state index contributed by atoms with van der Waals surface area (Å²) in [6, 6.07) is 12.1. The molecule has 0 aliphatic carbocycles. The minimum atomic E-state index is -0.0309. The molecule has 3 N–H and O–H groups in total. The molecule has 2 aliphatic heterocycles. The van der Waals surface area contributed by atoms with Gasteiger partial charge in [0, 0.05) is 56.5 Å². The zero-order chi connectivity index (χ0) is 22.1. The van der Waals surface area contributed by atoms with E-state index < -0.39 is 0 Å². The van der Waals surface area contributed by atoms with Crippen molar-refractivity contribution in [2.45, 2.75) is 77.0 Å². The molecule has 2 aliphatic rings. The summed E-state index contributed by atoms with van der Waals surface area (Å²) in [5.41, 5.74) is 1.29. The van der Waals surface area contributed by atoms with E-state index in [0.29, 0.717) is 12.1 Å². The first-order valence-electron chi connectivity index (χ1n) is 12.2. The molecule has 2 fully saturated rings. The van der Waals surface area contributed by atoms with Gasteiger partial charge in [0.1, 0.15) is 0 Å². The summed E-state index contributed by atoms with van der Waals surface area (Å²) in [5, 5.41) is 11.1. The largest absolute Gasteiger partial charge is 0.381 e. The standard InChI is InChI=1S/C25H43N5O/c1-5-26-24(28-23-11-15-30(16-12-23)20(2)3)27-19-25(13-17-31-18-14-25)29-21(4)22-9-7-6-8-10-22/h6-10,20-21,23,29H,5,11-19H2,1-4H3,(H2,26,27,28). The maximum atomic E-state index is 5.69. The molecule has 0 spiro atoms. The Bertz CT molecular complexity index is 664. The predicted octanol–water partition coefficient (Wildman–Crippen LogP) is 3.31. The molecule has 1 atom stereocenters. The van der Waals surface area contributed by atoms with Crippen LogP contribution in [0, 0.1) is 0 Å². The molecule has 3 rings (SSSR count). The molecule has 0 amide bonds. The van der Waals surface area contributed by atoms with E-state index >= 15 is 0 Å². The Hall–Kier alpha value is -1.63. The number of likely N-dealkylation sites (tertiary alicyclic amines) is 1. The van der Waals surface area contributed by atoms with Gasteiger partial charge in [-0.25, -0.2) is 0 Å². The van der Waals surface area contributed by atoms with Crippen LogP contribution in [0.3, 0.4) is 0 Å². The van der Waals surface area contributed by atoms with Crippen molar-refractivity contribution in [2.24, 2.45) is 4.99 Å². The molecular formula is C25H43N5O. The lowest BCUT2D eigenvalue weighted by molar-refractivity contribution is 0.0374. The maximum Gasteiger partial charge on any atom is 0.191 e. The van der Waals surface area contributed by atoms with Crippen molar-refractivity contribution in [2.75, 3.05) is 39.4 Å². The zero-order valence-corrected chi connectivity index (χ0v) is 20.0. The monoisotopic (exact) mass is 429 g/mol. The van der Waals surface area contributed by atoms with Crippen LogP contribution in [0.1, 0.15) is 65.0 Å². The highest BCUT2D eigenvalue weighted by molar-refractivity contribution is 5.80. The van der Waals surface area contributed by atoms with Crippen LogP contribution in [0.15, 0.2) is 35.3 Å². The van der Waals surface area contributed by atoms with Gasteiger partial charge in [-0.2, -0.15) is 0 Å².